The molecule has 0 radical (unpaired) electrons. The third-order valence-electron chi connectivity index (χ3n) is 3.42. The van der Waals surface area contributed by atoms with Gasteiger partial charge in [-0.3, -0.25) is 4.79 Å². The van der Waals surface area contributed by atoms with Crippen LogP contribution in [-0.2, 0) is 11.2 Å². The Morgan fingerprint density at radius 2 is 2.29 bits per heavy atom. The van der Waals surface area contributed by atoms with Crippen LogP contribution in [0.2, 0.25) is 0 Å². The smallest absolute Gasteiger partial charge is 0.272 e. The van der Waals surface area contributed by atoms with Crippen LogP contribution in [0.25, 0.3) is 0 Å². The van der Waals surface area contributed by atoms with Crippen molar-refractivity contribution >= 4 is 5.91 Å². The first kappa shape index (κ1) is 15.9. The van der Waals surface area contributed by atoms with E-state index in [0.29, 0.717) is 43.7 Å². The summed E-state index contributed by atoms with van der Waals surface area (Å²) in [4.78, 5) is 23.1. The Morgan fingerprint density at radius 1 is 1.52 bits per heavy atom. The van der Waals surface area contributed by atoms with Crippen LogP contribution in [0.1, 0.15) is 35.9 Å². The van der Waals surface area contributed by atoms with E-state index in [4.69, 9.17) is 10.5 Å². The van der Waals surface area contributed by atoms with Gasteiger partial charge < -0.3 is 15.4 Å². The molecule has 1 aliphatic heterocycles. The lowest BCUT2D eigenvalue weighted by Crippen LogP contribution is -2.48. The second-order valence-corrected chi connectivity index (χ2v) is 5.87. The molecule has 6 heteroatoms. The second-order valence-electron chi connectivity index (χ2n) is 5.87. The Bertz CT molecular complexity index is 504. The van der Waals surface area contributed by atoms with Crippen molar-refractivity contribution < 1.29 is 9.53 Å². The normalized spacial score (nSPS) is 19.1. The maximum Gasteiger partial charge on any atom is 0.272 e. The Kier molecular flexibility index (Phi) is 5.25. The molecule has 0 saturated carbocycles. The van der Waals surface area contributed by atoms with Gasteiger partial charge in [-0.25, -0.2) is 9.97 Å². The molecule has 1 saturated heterocycles. The Labute approximate surface area is 125 Å². The molecule has 0 spiro atoms. The predicted octanol–water partition coefficient (Wildman–Crippen LogP) is 0.783. The second kappa shape index (κ2) is 6.95. The SMILES string of the molecule is Cc1nc(CC(C)C)cc(C(=O)N2CCO[C@@H](CN)C2)n1. The monoisotopic (exact) mass is 292 g/mol. The third kappa shape index (κ3) is 4.22. The zero-order chi connectivity index (χ0) is 15.4. The fourth-order valence-electron chi connectivity index (χ4n) is 2.47. The summed E-state index contributed by atoms with van der Waals surface area (Å²) in [5.74, 6) is 1.07. The van der Waals surface area contributed by atoms with Crippen LogP contribution in [0.4, 0.5) is 0 Å². The number of nitrogens with zero attached hydrogens (tertiary/aromatic N) is 3. The standard InChI is InChI=1S/C15H24N4O2/c1-10(2)6-12-7-14(18-11(3)17-12)15(20)19-4-5-21-13(8-16)9-19/h7,10,13H,4-6,8-9,16H2,1-3H3/t13-/m0/s1. The van der Waals surface area contributed by atoms with Gasteiger partial charge in [0, 0.05) is 25.3 Å². The molecule has 1 fully saturated rings. The van der Waals surface area contributed by atoms with E-state index in [2.05, 4.69) is 23.8 Å². The van der Waals surface area contributed by atoms with Crippen LogP contribution < -0.4 is 5.73 Å². The lowest BCUT2D eigenvalue weighted by atomic mass is 10.1. The molecule has 1 amide bonds. The van der Waals surface area contributed by atoms with Crippen LogP contribution in [0.3, 0.4) is 0 Å². The molecule has 0 aromatic carbocycles. The topological polar surface area (TPSA) is 81.3 Å². The van der Waals surface area contributed by atoms with Gasteiger partial charge in [-0.2, -0.15) is 0 Å². The molecule has 2 rings (SSSR count). The highest BCUT2D eigenvalue weighted by Gasteiger charge is 2.25. The minimum absolute atomic E-state index is 0.0627. The van der Waals surface area contributed by atoms with Gasteiger partial charge in [0.2, 0.25) is 0 Å². The fraction of sp³-hybridized carbons (Fsp3) is 0.667. The quantitative estimate of drug-likeness (QED) is 0.887. The van der Waals surface area contributed by atoms with Crippen LogP contribution in [0, 0.1) is 12.8 Å². The number of morpholine rings is 1. The van der Waals surface area contributed by atoms with E-state index in [1.807, 2.05) is 13.0 Å². The summed E-state index contributed by atoms with van der Waals surface area (Å²) in [6.45, 7) is 8.14. The zero-order valence-electron chi connectivity index (χ0n) is 13.0. The Balaban J connectivity index is 2.16. The number of nitrogens with two attached hydrogens (primary N) is 1. The molecule has 1 atom stereocenters. The fourth-order valence-corrected chi connectivity index (χ4v) is 2.47. The summed E-state index contributed by atoms with van der Waals surface area (Å²) in [7, 11) is 0. The number of amides is 1. The minimum atomic E-state index is -0.0826. The molecular weight excluding hydrogens is 268 g/mol. The number of carbonyl (C=O) groups is 1. The van der Waals surface area contributed by atoms with Crippen molar-refractivity contribution in [3.05, 3.63) is 23.3 Å². The van der Waals surface area contributed by atoms with Crippen LogP contribution in [0.15, 0.2) is 6.07 Å². The highest BCUT2D eigenvalue weighted by Crippen LogP contribution is 2.12. The Morgan fingerprint density at radius 3 is 2.95 bits per heavy atom. The summed E-state index contributed by atoms with van der Waals surface area (Å²) >= 11 is 0. The minimum Gasteiger partial charge on any atom is -0.373 e. The van der Waals surface area contributed by atoms with Gasteiger partial charge in [-0.15, -0.1) is 0 Å². The number of carbonyl (C=O) groups excluding carboxylic acids is 1. The number of aromatic nitrogens is 2. The average Bonchev–Trinajstić information content (AvgIpc) is 2.45. The van der Waals surface area contributed by atoms with E-state index in [0.717, 1.165) is 12.1 Å². The summed E-state index contributed by atoms with van der Waals surface area (Å²) in [6, 6.07) is 1.81. The lowest BCUT2D eigenvalue weighted by Gasteiger charge is -2.32. The van der Waals surface area contributed by atoms with Gasteiger partial charge in [0.05, 0.1) is 12.7 Å². The molecule has 0 aliphatic carbocycles. The van der Waals surface area contributed by atoms with Crippen molar-refractivity contribution in [3.63, 3.8) is 0 Å². The molecule has 2 N–H and O–H groups in total. The molecule has 1 aromatic rings. The third-order valence-corrected chi connectivity index (χ3v) is 3.42. The van der Waals surface area contributed by atoms with Crippen molar-refractivity contribution in [2.24, 2.45) is 11.7 Å². The maximum atomic E-state index is 12.6. The van der Waals surface area contributed by atoms with Crippen molar-refractivity contribution in [2.45, 2.75) is 33.3 Å². The van der Waals surface area contributed by atoms with Gasteiger partial charge in [0.25, 0.3) is 5.91 Å². The van der Waals surface area contributed by atoms with Gasteiger partial charge in [-0.1, -0.05) is 13.8 Å². The van der Waals surface area contributed by atoms with Crippen molar-refractivity contribution in [1.29, 1.82) is 0 Å². The van der Waals surface area contributed by atoms with Gasteiger partial charge in [-0.05, 0) is 25.3 Å². The molecule has 116 valence electrons. The maximum absolute atomic E-state index is 12.6. The van der Waals surface area contributed by atoms with Crippen molar-refractivity contribution in [1.82, 2.24) is 14.9 Å². The summed E-state index contributed by atoms with van der Waals surface area (Å²) < 4.78 is 5.49. The first-order valence-corrected chi connectivity index (χ1v) is 7.45. The van der Waals surface area contributed by atoms with Crippen molar-refractivity contribution in [2.75, 3.05) is 26.2 Å². The number of aryl methyl sites for hydroxylation is 1. The van der Waals surface area contributed by atoms with E-state index >= 15 is 0 Å². The van der Waals surface area contributed by atoms with Crippen LogP contribution in [0.5, 0.6) is 0 Å². The van der Waals surface area contributed by atoms with E-state index in [1.54, 1.807) is 4.90 Å². The van der Waals surface area contributed by atoms with E-state index < -0.39 is 0 Å². The molecule has 0 bridgehead atoms. The summed E-state index contributed by atoms with van der Waals surface area (Å²) in [6.07, 6.45) is 0.763. The zero-order valence-corrected chi connectivity index (χ0v) is 13.0. The van der Waals surface area contributed by atoms with Crippen molar-refractivity contribution in [3.8, 4) is 0 Å². The first-order valence-electron chi connectivity index (χ1n) is 7.45. The highest BCUT2D eigenvalue weighted by atomic mass is 16.5. The van der Waals surface area contributed by atoms with E-state index in [1.165, 1.54) is 0 Å². The van der Waals surface area contributed by atoms with Gasteiger partial charge >= 0.3 is 0 Å². The largest absolute Gasteiger partial charge is 0.373 e. The summed E-state index contributed by atoms with van der Waals surface area (Å²) in [5.41, 5.74) is 7.01. The Hall–Kier alpha value is -1.53. The highest BCUT2D eigenvalue weighted by molar-refractivity contribution is 5.92. The molecule has 6 nitrogen and oxygen atoms in total. The molecule has 1 aliphatic rings. The number of hydrogen-bond donors (Lipinski definition) is 1. The molecular formula is C15H24N4O2. The molecule has 21 heavy (non-hydrogen) atoms. The van der Waals surface area contributed by atoms with E-state index in [-0.39, 0.29) is 12.0 Å². The predicted molar refractivity (Wildman–Crippen MR) is 80.0 cm³/mol. The van der Waals surface area contributed by atoms with Gasteiger partial charge in [0.1, 0.15) is 11.5 Å². The number of hydrogen-bond acceptors (Lipinski definition) is 5. The van der Waals surface area contributed by atoms with E-state index in [9.17, 15) is 4.79 Å². The first-order chi connectivity index (χ1) is 9.99. The molecule has 1 aromatic heterocycles. The van der Waals surface area contributed by atoms with Gasteiger partial charge in [0.15, 0.2) is 0 Å². The van der Waals surface area contributed by atoms with Crippen LogP contribution >= 0.6 is 0 Å². The molecule has 2 heterocycles. The summed E-state index contributed by atoms with van der Waals surface area (Å²) in [5, 5.41) is 0. The van der Waals surface area contributed by atoms with Crippen LogP contribution in [-0.4, -0.2) is 53.1 Å². The molecule has 0 unspecified atom stereocenters. The number of ether oxygens (including phenoxy) is 1. The average molecular weight is 292 g/mol. The lowest BCUT2D eigenvalue weighted by molar-refractivity contribution is -0.0169. The number of rotatable bonds is 4.